The van der Waals surface area contributed by atoms with Crippen molar-refractivity contribution < 1.29 is 14.6 Å². The first-order valence-corrected chi connectivity index (χ1v) is 22.6. The van der Waals surface area contributed by atoms with Crippen LogP contribution in [0.15, 0.2) is 0 Å². The van der Waals surface area contributed by atoms with Crippen LogP contribution >= 0.6 is 0 Å². The summed E-state index contributed by atoms with van der Waals surface area (Å²) in [7, 11) is 0. The van der Waals surface area contributed by atoms with E-state index in [4.69, 9.17) is 4.74 Å². The summed E-state index contributed by atoms with van der Waals surface area (Å²) in [6, 6.07) is 1.11. The molecule has 0 amide bonds. The van der Waals surface area contributed by atoms with Gasteiger partial charge in [0.25, 0.3) is 0 Å². The van der Waals surface area contributed by atoms with Gasteiger partial charge in [0.1, 0.15) is 36.4 Å². The summed E-state index contributed by atoms with van der Waals surface area (Å²) >= 11 is 0. The Kier molecular flexibility index (Phi) is 22.7. The van der Waals surface area contributed by atoms with Crippen LogP contribution in [0.3, 0.4) is 0 Å². The normalized spacial score (nSPS) is 27.3. The van der Waals surface area contributed by atoms with Gasteiger partial charge in [0.05, 0.1) is 5.92 Å². The minimum atomic E-state index is -0.563. The largest absolute Gasteiger partial charge is 0.481 e. The average molecular weight is 702 g/mol. The molecule has 3 rings (SSSR count). The molecule has 3 fully saturated rings. The summed E-state index contributed by atoms with van der Waals surface area (Å²) in [5, 5.41) is 14.3. The van der Waals surface area contributed by atoms with Gasteiger partial charge in [-0.1, -0.05) is 150 Å². The zero-order valence-corrected chi connectivity index (χ0v) is 34.0. The summed E-state index contributed by atoms with van der Waals surface area (Å²) < 4.78 is 7.14. The maximum absolute atomic E-state index is 12.8. The third-order valence-electron chi connectivity index (χ3n) is 13.1. The van der Waals surface area contributed by atoms with Crippen LogP contribution < -0.4 is 5.32 Å². The fraction of sp³-hybridized carbons (Fsp3) is 0.956. The summed E-state index contributed by atoms with van der Waals surface area (Å²) in [5.74, 6) is 2.28. The number of fused-ring (bicyclic) bond motifs is 2. The van der Waals surface area contributed by atoms with E-state index in [0.29, 0.717) is 29.8 Å². The number of carboxylic acids is 1. The number of nitrogens with one attached hydrogen (secondary N) is 1. The van der Waals surface area contributed by atoms with Crippen molar-refractivity contribution in [2.24, 2.45) is 23.7 Å². The zero-order valence-electron chi connectivity index (χ0n) is 34.0. The van der Waals surface area contributed by atoms with Crippen LogP contribution in [-0.2, 0) is 9.53 Å². The van der Waals surface area contributed by atoms with Crippen LogP contribution in [0, 0.1) is 29.6 Å². The first-order chi connectivity index (χ1) is 24.4. The number of hydrogen-bond acceptors (Lipinski definition) is 4. The van der Waals surface area contributed by atoms with Crippen molar-refractivity contribution in [3.63, 3.8) is 0 Å². The lowest BCUT2D eigenvalue weighted by atomic mass is 9.60. The standard InChI is InChI=1S/C45H84N2O3/c1-6-10-13-14-15-16-17-18-19-20-21-22-23-24-25-26-27-37(45(48)49)33-40-39-29-28-38(47(30-11-7-2)31-12-8-3)34-43(39)50-44-35-42(46-9-4)36(5)32-41(40)44/h36-39,41-44,46H,6-35H2,1-5H3/p+1. The van der Waals surface area contributed by atoms with Crippen LogP contribution in [-0.4, -0.2) is 59.9 Å². The van der Waals surface area contributed by atoms with Crippen molar-refractivity contribution in [3.8, 4) is 0 Å². The molecule has 8 unspecified atom stereocenters. The third kappa shape index (κ3) is 15.3. The monoisotopic (exact) mass is 702 g/mol. The quantitative estimate of drug-likeness (QED) is 0.0600. The van der Waals surface area contributed by atoms with E-state index in [1.807, 2.05) is 0 Å². The average Bonchev–Trinajstić information content (AvgIpc) is 3.11. The Morgan fingerprint density at radius 2 is 1.22 bits per heavy atom. The molecule has 0 radical (unpaired) electrons. The van der Waals surface area contributed by atoms with Gasteiger partial charge in [-0.25, -0.2) is 0 Å². The van der Waals surface area contributed by atoms with Crippen molar-refractivity contribution in [1.29, 1.82) is 0 Å². The van der Waals surface area contributed by atoms with Crippen molar-refractivity contribution >= 4 is 5.97 Å². The lowest BCUT2D eigenvalue weighted by Crippen LogP contribution is -2.57. The van der Waals surface area contributed by atoms with Gasteiger partial charge in [0.2, 0.25) is 0 Å². The molecule has 2 saturated carbocycles. The Bertz CT molecular complexity index is 844. The molecular formula is C45H85N2O3+. The van der Waals surface area contributed by atoms with Gasteiger partial charge in [-0.05, 0) is 76.9 Å². The molecule has 5 nitrogen and oxygen atoms in total. The van der Waals surface area contributed by atoms with Gasteiger partial charge in [-0.15, -0.1) is 0 Å². The highest BCUT2D eigenvalue weighted by molar-refractivity contribution is 5.70. The van der Waals surface area contributed by atoms with E-state index >= 15 is 0 Å². The zero-order chi connectivity index (χ0) is 36.0. The fourth-order valence-corrected chi connectivity index (χ4v) is 10.0. The van der Waals surface area contributed by atoms with Crippen molar-refractivity contribution in [2.75, 3.05) is 19.6 Å². The second kappa shape index (κ2) is 26.1. The number of carboxylic acid groups (broad SMARTS) is 1. The fourth-order valence-electron chi connectivity index (χ4n) is 10.0. The minimum Gasteiger partial charge on any atom is -0.481 e. The number of nitrogens with zero attached hydrogens (tertiary/aromatic N) is 1. The number of hydrogen-bond donors (Lipinski definition) is 2. The molecule has 292 valence electrons. The van der Waals surface area contributed by atoms with E-state index in [0.717, 1.165) is 45.1 Å². The number of aliphatic carboxylic acids is 1. The molecule has 0 bridgehead atoms. The van der Waals surface area contributed by atoms with Crippen LogP contribution in [0.5, 0.6) is 0 Å². The predicted octanol–water partition coefficient (Wildman–Crippen LogP) is 12.2. The molecule has 2 aliphatic carbocycles. The second-order valence-corrected chi connectivity index (χ2v) is 17.2. The highest BCUT2D eigenvalue weighted by atomic mass is 16.5. The van der Waals surface area contributed by atoms with Crippen LogP contribution in [0.4, 0.5) is 0 Å². The molecule has 0 aromatic rings. The highest BCUT2D eigenvalue weighted by Gasteiger charge is 2.58. The molecule has 8 atom stereocenters. The van der Waals surface area contributed by atoms with Crippen molar-refractivity contribution in [3.05, 3.63) is 5.92 Å². The number of rotatable bonds is 29. The summed E-state index contributed by atoms with van der Waals surface area (Å²) in [6.07, 6.45) is 34.7. The summed E-state index contributed by atoms with van der Waals surface area (Å²) in [5.41, 5.74) is 0. The van der Waals surface area contributed by atoms with Crippen LogP contribution in [0.1, 0.15) is 208 Å². The molecule has 2 N–H and O–H groups in total. The van der Waals surface area contributed by atoms with E-state index < -0.39 is 5.97 Å². The lowest BCUT2D eigenvalue weighted by molar-refractivity contribution is -0.154. The topological polar surface area (TPSA) is 61.8 Å². The van der Waals surface area contributed by atoms with E-state index in [2.05, 4.69) is 44.8 Å². The van der Waals surface area contributed by atoms with Gasteiger partial charge in [0.15, 0.2) is 0 Å². The summed E-state index contributed by atoms with van der Waals surface area (Å²) in [6.45, 7) is 15.0. The Labute approximate surface area is 311 Å². The third-order valence-corrected chi connectivity index (χ3v) is 13.1. The van der Waals surface area contributed by atoms with E-state index in [1.54, 1.807) is 5.92 Å². The maximum atomic E-state index is 12.8. The molecule has 50 heavy (non-hydrogen) atoms. The predicted molar refractivity (Wildman–Crippen MR) is 214 cm³/mol. The van der Waals surface area contributed by atoms with E-state index in [9.17, 15) is 9.90 Å². The molecule has 1 heterocycles. The Balaban J connectivity index is 1.47. The molecule has 5 heteroatoms. The van der Waals surface area contributed by atoms with Crippen molar-refractivity contribution in [1.82, 2.24) is 10.2 Å². The van der Waals surface area contributed by atoms with Crippen LogP contribution in [0.2, 0.25) is 0 Å². The molecule has 1 saturated heterocycles. The van der Waals surface area contributed by atoms with E-state index in [1.165, 1.54) is 148 Å². The molecule has 3 aliphatic rings. The number of ether oxygens (including phenoxy) is 1. The molecular weight excluding hydrogens is 617 g/mol. The van der Waals surface area contributed by atoms with Gasteiger partial charge in [-0.2, -0.15) is 0 Å². The Morgan fingerprint density at radius 3 is 1.74 bits per heavy atom. The maximum Gasteiger partial charge on any atom is 0.310 e. The number of carbonyl (C=O) groups is 1. The van der Waals surface area contributed by atoms with Gasteiger partial charge >= 0.3 is 5.97 Å². The highest BCUT2D eigenvalue weighted by Crippen LogP contribution is 2.52. The van der Waals surface area contributed by atoms with Gasteiger partial charge in [-0.3, -0.25) is 4.79 Å². The van der Waals surface area contributed by atoms with E-state index in [-0.39, 0.29) is 18.1 Å². The molecule has 1 aliphatic heterocycles. The minimum absolute atomic E-state index is 0.235. The summed E-state index contributed by atoms with van der Waals surface area (Å²) in [4.78, 5) is 15.6. The van der Waals surface area contributed by atoms with Gasteiger partial charge < -0.3 is 20.1 Å². The SMILES string of the molecule is CCCCCCCCCCCCCCCCCCC(C[C+]1C2CCC(N(CCCC)CCCC)CC2OC2CC(NCC)C(C)CC12)C(=O)O. The lowest BCUT2D eigenvalue weighted by Gasteiger charge is -2.50. The Morgan fingerprint density at radius 1 is 0.700 bits per heavy atom. The molecule has 0 aromatic heterocycles. The van der Waals surface area contributed by atoms with Crippen molar-refractivity contribution in [2.45, 2.75) is 232 Å². The molecule has 0 aromatic carbocycles. The number of unbranched alkanes of at least 4 members (excludes halogenated alkanes) is 17. The Hall–Kier alpha value is -0.780. The first-order valence-electron chi connectivity index (χ1n) is 22.6. The first kappa shape index (κ1) is 43.6. The van der Waals surface area contributed by atoms with Gasteiger partial charge in [0, 0.05) is 12.1 Å². The molecule has 0 spiro atoms. The van der Waals surface area contributed by atoms with Crippen LogP contribution in [0.25, 0.3) is 0 Å². The smallest absolute Gasteiger partial charge is 0.310 e. The second-order valence-electron chi connectivity index (χ2n) is 17.2.